The molecule has 0 bridgehead atoms. The fraction of sp³-hybridized carbons (Fsp3) is 0.348. The Morgan fingerprint density at radius 2 is 1.81 bits per heavy atom. The van der Waals surface area contributed by atoms with Crippen LogP contribution < -0.4 is 15.5 Å². The van der Waals surface area contributed by atoms with E-state index in [1.807, 2.05) is 49.4 Å². The Balaban J connectivity index is 1.24. The van der Waals surface area contributed by atoms with Gasteiger partial charge in [-0.05, 0) is 66.1 Å². The number of nitrogens with one attached hydrogen (secondary N) is 2. The summed E-state index contributed by atoms with van der Waals surface area (Å²) in [6, 6.07) is 15.1. The zero-order valence-corrected chi connectivity index (χ0v) is 18.1. The quantitative estimate of drug-likeness (QED) is 0.565. The number of anilines is 2. The second kappa shape index (κ2) is 10.0. The van der Waals surface area contributed by atoms with E-state index < -0.39 is 0 Å². The van der Waals surface area contributed by atoms with Crippen LogP contribution in [0.4, 0.5) is 11.4 Å². The summed E-state index contributed by atoms with van der Waals surface area (Å²) in [6.07, 6.45) is 4.36. The zero-order chi connectivity index (χ0) is 22.3. The first-order valence-electron chi connectivity index (χ1n) is 10.8. The summed E-state index contributed by atoms with van der Waals surface area (Å²) in [5.74, 6) is -0.251. The van der Waals surface area contributed by atoms with Gasteiger partial charge in [0, 0.05) is 36.9 Å². The molecule has 2 N–H and O–H groups in total. The largest absolute Gasteiger partial charge is 0.371 e. The highest BCUT2D eigenvalue weighted by Gasteiger charge is 2.15. The molecule has 1 saturated heterocycles. The highest BCUT2D eigenvalue weighted by atomic mass is 16.2. The molecule has 1 fully saturated rings. The van der Waals surface area contributed by atoms with Crippen molar-refractivity contribution in [3.05, 3.63) is 60.4 Å². The Morgan fingerprint density at radius 3 is 2.53 bits per heavy atom. The standard InChI is InChI=1S/C23H27N7O2/c1-17(13-22(31)26-19-5-4-6-21(15-19)29-11-2-3-12-29)25-23(32)14-18-7-9-20(10-8-18)30-16-24-27-28-30/h4-10,15-17H,2-3,11-14H2,1H3,(H,25,32)(H,26,31). The molecule has 1 aromatic heterocycles. The summed E-state index contributed by atoms with van der Waals surface area (Å²) < 4.78 is 1.55. The molecule has 2 heterocycles. The Bertz CT molecular complexity index is 1040. The molecule has 166 valence electrons. The van der Waals surface area contributed by atoms with E-state index >= 15 is 0 Å². The van der Waals surface area contributed by atoms with E-state index in [-0.39, 0.29) is 30.7 Å². The van der Waals surface area contributed by atoms with Crippen LogP contribution in [-0.2, 0) is 16.0 Å². The molecule has 9 heteroatoms. The van der Waals surface area contributed by atoms with E-state index in [0.717, 1.165) is 35.7 Å². The maximum Gasteiger partial charge on any atom is 0.226 e. The van der Waals surface area contributed by atoms with Crippen molar-refractivity contribution >= 4 is 23.2 Å². The first-order valence-corrected chi connectivity index (χ1v) is 10.8. The molecule has 32 heavy (non-hydrogen) atoms. The first-order chi connectivity index (χ1) is 15.6. The molecule has 2 aromatic carbocycles. The van der Waals surface area contributed by atoms with Gasteiger partial charge in [-0.1, -0.05) is 18.2 Å². The van der Waals surface area contributed by atoms with Crippen molar-refractivity contribution in [2.75, 3.05) is 23.3 Å². The summed E-state index contributed by atoms with van der Waals surface area (Å²) in [4.78, 5) is 27.2. The van der Waals surface area contributed by atoms with Gasteiger partial charge in [-0.15, -0.1) is 5.10 Å². The molecule has 0 saturated carbocycles. The van der Waals surface area contributed by atoms with Crippen LogP contribution in [0.5, 0.6) is 0 Å². The monoisotopic (exact) mass is 433 g/mol. The topological polar surface area (TPSA) is 105 Å². The van der Waals surface area contributed by atoms with Crippen LogP contribution in [0.2, 0.25) is 0 Å². The van der Waals surface area contributed by atoms with Crippen LogP contribution in [0.25, 0.3) is 5.69 Å². The van der Waals surface area contributed by atoms with Gasteiger partial charge in [-0.2, -0.15) is 0 Å². The molecule has 1 aliphatic rings. The maximum atomic E-state index is 12.5. The zero-order valence-electron chi connectivity index (χ0n) is 18.1. The van der Waals surface area contributed by atoms with Crippen molar-refractivity contribution < 1.29 is 9.59 Å². The summed E-state index contributed by atoms with van der Waals surface area (Å²) in [6.45, 7) is 3.95. The van der Waals surface area contributed by atoms with Gasteiger partial charge in [0.15, 0.2) is 0 Å². The number of rotatable bonds is 8. The average molecular weight is 434 g/mol. The van der Waals surface area contributed by atoms with Gasteiger partial charge in [0.05, 0.1) is 12.1 Å². The minimum atomic E-state index is -0.273. The molecule has 9 nitrogen and oxygen atoms in total. The third kappa shape index (κ3) is 5.69. The second-order valence-corrected chi connectivity index (χ2v) is 8.06. The van der Waals surface area contributed by atoms with Crippen LogP contribution in [0.15, 0.2) is 54.9 Å². The predicted octanol–water partition coefficient (Wildman–Crippen LogP) is 2.34. The normalized spacial score (nSPS) is 14.2. The Morgan fingerprint density at radius 1 is 1.03 bits per heavy atom. The fourth-order valence-electron chi connectivity index (χ4n) is 3.85. The third-order valence-corrected chi connectivity index (χ3v) is 5.41. The van der Waals surface area contributed by atoms with Gasteiger partial charge in [-0.25, -0.2) is 4.68 Å². The van der Waals surface area contributed by atoms with Crippen LogP contribution in [-0.4, -0.2) is 51.2 Å². The average Bonchev–Trinajstić information content (AvgIpc) is 3.49. The molecule has 1 unspecified atom stereocenters. The Hall–Kier alpha value is -3.75. The molecule has 0 radical (unpaired) electrons. The fourth-order valence-corrected chi connectivity index (χ4v) is 3.85. The first kappa shape index (κ1) is 21.5. The van der Waals surface area contributed by atoms with Gasteiger partial charge < -0.3 is 15.5 Å². The molecule has 2 amide bonds. The minimum Gasteiger partial charge on any atom is -0.371 e. The summed E-state index contributed by atoms with van der Waals surface area (Å²) in [5, 5.41) is 16.9. The highest BCUT2D eigenvalue weighted by Crippen LogP contribution is 2.23. The predicted molar refractivity (Wildman–Crippen MR) is 122 cm³/mol. The van der Waals surface area contributed by atoms with Crippen LogP contribution in [0.3, 0.4) is 0 Å². The number of carbonyl (C=O) groups is 2. The molecule has 0 spiro atoms. The van der Waals surface area contributed by atoms with E-state index in [4.69, 9.17) is 0 Å². The van der Waals surface area contributed by atoms with Crippen molar-refractivity contribution in [3.63, 3.8) is 0 Å². The molecular formula is C23H27N7O2. The van der Waals surface area contributed by atoms with Crippen molar-refractivity contribution in [3.8, 4) is 5.69 Å². The summed E-state index contributed by atoms with van der Waals surface area (Å²) >= 11 is 0. The molecule has 1 aliphatic heterocycles. The van der Waals surface area contributed by atoms with Crippen molar-refractivity contribution in [1.29, 1.82) is 0 Å². The summed E-state index contributed by atoms with van der Waals surface area (Å²) in [5.41, 5.74) is 3.60. The number of benzene rings is 2. The molecule has 4 rings (SSSR count). The van der Waals surface area contributed by atoms with E-state index in [9.17, 15) is 9.59 Å². The van der Waals surface area contributed by atoms with Crippen LogP contribution >= 0.6 is 0 Å². The lowest BCUT2D eigenvalue weighted by atomic mass is 10.1. The Labute approximate surface area is 186 Å². The van der Waals surface area contributed by atoms with Crippen molar-refractivity contribution in [2.24, 2.45) is 0 Å². The molecule has 0 aliphatic carbocycles. The maximum absolute atomic E-state index is 12.5. The van der Waals surface area contributed by atoms with Gasteiger partial charge in [0.25, 0.3) is 0 Å². The molecule has 3 aromatic rings. The van der Waals surface area contributed by atoms with Crippen LogP contribution in [0, 0.1) is 0 Å². The lowest BCUT2D eigenvalue weighted by Crippen LogP contribution is -2.36. The molecular weight excluding hydrogens is 406 g/mol. The van der Waals surface area contributed by atoms with Gasteiger partial charge in [0.1, 0.15) is 6.33 Å². The number of hydrogen-bond acceptors (Lipinski definition) is 6. The minimum absolute atomic E-state index is 0.123. The lowest BCUT2D eigenvalue weighted by Gasteiger charge is -2.19. The van der Waals surface area contributed by atoms with Gasteiger partial charge in [0.2, 0.25) is 11.8 Å². The van der Waals surface area contributed by atoms with Crippen molar-refractivity contribution in [2.45, 2.75) is 38.6 Å². The second-order valence-electron chi connectivity index (χ2n) is 8.06. The highest BCUT2D eigenvalue weighted by molar-refractivity contribution is 5.92. The van der Waals surface area contributed by atoms with Crippen LogP contribution in [0.1, 0.15) is 31.7 Å². The van der Waals surface area contributed by atoms with Gasteiger partial charge in [-0.3, -0.25) is 9.59 Å². The number of nitrogens with zero attached hydrogens (tertiary/aromatic N) is 5. The van der Waals surface area contributed by atoms with E-state index in [1.54, 1.807) is 4.68 Å². The van der Waals surface area contributed by atoms with Gasteiger partial charge >= 0.3 is 0 Å². The van der Waals surface area contributed by atoms with E-state index in [2.05, 4.69) is 37.1 Å². The number of carbonyl (C=O) groups excluding carboxylic acids is 2. The lowest BCUT2D eigenvalue weighted by molar-refractivity contribution is -0.121. The smallest absolute Gasteiger partial charge is 0.226 e. The number of amides is 2. The number of hydrogen-bond donors (Lipinski definition) is 2. The summed E-state index contributed by atoms with van der Waals surface area (Å²) in [7, 11) is 0. The Kier molecular flexibility index (Phi) is 6.74. The van der Waals surface area contributed by atoms with E-state index in [1.165, 1.54) is 19.2 Å². The van der Waals surface area contributed by atoms with Crippen molar-refractivity contribution in [1.82, 2.24) is 25.5 Å². The molecule has 1 atom stereocenters. The van der Waals surface area contributed by atoms with E-state index in [0.29, 0.717) is 0 Å². The third-order valence-electron chi connectivity index (χ3n) is 5.41. The number of tetrazole rings is 1. The SMILES string of the molecule is CC(CC(=O)Nc1cccc(N2CCCC2)c1)NC(=O)Cc1ccc(-n2cnnn2)cc1. The number of aromatic nitrogens is 4.